The molecule has 1 aliphatic heterocycles. The van der Waals surface area contributed by atoms with E-state index in [9.17, 15) is 9.18 Å². The third-order valence-corrected chi connectivity index (χ3v) is 2.02. The van der Waals surface area contributed by atoms with Crippen LogP contribution in [0.2, 0.25) is 0 Å². The van der Waals surface area contributed by atoms with Gasteiger partial charge in [0.05, 0.1) is 5.41 Å². The maximum absolute atomic E-state index is 12.3. The fourth-order valence-corrected chi connectivity index (χ4v) is 1.13. The van der Waals surface area contributed by atoms with E-state index >= 15 is 0 Å². The van der Waals surface area contributed by atoms with Crippen LogP contribution in [-0.4, -0.2) is 25.7 Å². The largest absolute Gasteiger partial charge is 0.369 e. The lowest BCUT2D eigenvalue weighted by molar-refractivity contribution is -0.127. The number of primary amides is 1. The number of alkyl halides is 1. The summed E-state index contributed by atoms with van der Waals surface area (Å²) in [5, 5.41) is 2.90. The molecule has 1 atom stereocenters. The Kier molecular flexibility index (Phi) is 1.89. The van der Waals surface area contributed by atoms with Crippen LogP contribution < -0.4 is 11.1 Å². The van der Waals surface area contributed by atoms with Crippen molar-refractivity contribution < 1.29 is 9.18 Å². The Morgan fingerprint density at radius 1 is 1.80 bits per heavy atom. The highest BCUT2D eigenvalue weighted by molar-refractivity contribution is 5.81. The maximum Gasteiger partial charge on any atom is 0.227 e. The molecule has 0 spiro atoms. The highest BCUT2D eigenvalue weighted by Crippen LogP contribution is 2.24. The van der Waals surface area contributed by atoms with E-state index in [1.807, 2.05) is 0 Å². The summed E-state index contributed by atoms with van der Waals surface area (Å²) in [6, 6.07) is 0. The van der Waals surface area contributed by atoms with Crippen molar-refractivity contribution in [1.29, 1.82) is 0 Å². The van der Waals surface area contributed by atoms with E-state index in [0.29, 0.717) is 19.5 Å². The Labute approximate surface area is 58.8 Å². The molecule has 58 valence electrons. The Morgan fingerprint density at radius 2 is 2.50 bits per heavy atom. The first-order valence-electron chi connectivity index (χ1n) is 3.28. The van der Waals surface area contributed by atoms with E-state index in [4.69, 9.17) is 5.73 Å². The average Bonchev–Trinajstić information content (AvgIpc) is 2.35. The number of halogens is 1. The van der Waals surface area contributed by atoms with Crippen LogP contribution in [-0.2, 0) is 4.79 Å². The minimum Gasteiger partial charge on any atom is -0.369 e. The predicted octanol–water partition coefficient (Wildman–Crippen LogP) is -0.579. The van der Waals surface area contributed by atoms with Gasteiger partial charge in [0, 0.05) is 6.54 Å². The zero-order valence-corrected chi connectivity index (χ0v) is 5.69. The molecule has 0 saturated carbocycles. The van der Waals surface area contributed by atoms with Crippen LogP contribution in [0, 0.1) is 5.41 Å². The standard InChI is InChI=1S/C6H11FN2O/c7-3-6(5(8)10)1-2-9-4-6/h9H,1-4H2,(H2,8,10). The highest BCUT2D eigenvalue weighted by Gasteiger charge is 2.39. The first-order chi connectivity index (χ1) is 4.71. The molecule has 1 aliphatic rings. The molecular formula is C6H11FN2O. The van der Waals surface area contributed by atoms with Gasteiger partial charge in [-0.1, -0.05) is 0 Å². The van der Waals surface area contributed by atoms with E-state index in [2.05, 4.69) is 5.32 Å². The fraction of sp³-hybridized carbons (Fsp3) is 0.833. The van der Waals surface area contributed by atoms with Gasteiger partial charge >= 0.3 is 0 Å². The number of carbonyl (C=O) groups excluding carboxylic acids is 1. The number of nitrogens with one attached hydrogen (secondary N) is 1. The van der Waals surface area contributed by atoms with Crippen LogP contribution in [0.5, 0.6) is 0 Å². The fourth-order valence-electron chi connectivity index (χ4n) is 1.13. The lowest BCUT2D eigenvalue weighted by Gasteiger charge is -2.18. The van der Waals surface area contributed by atoms with Crippen molar-refractivity contribution in [1.82, 2.24) is 5.32 Å². The van der Waals surface area contributed by atoms with Crippen LogP contribution in [0.3, 0.4) is 0 Å². The maximum atomic E-state index is 12.3. The van der Waals surface area contributed by atoms with Crippen molar-refractivity contribution in [3.05, 3.63) is 0 Å². The molecule has 1 saturated heterocycles. The first-order valence-corrected chi connectivity index (χ1v) is 3.28. The summed E-state index contributed by atoms with van der Waals surface area (Å²) in [6.07, 6.45) is 0.527. The van der Waals surface area contributed by atoms with Crippen molar-refractivity contribution >= 4 is 5.91 Å². The molecule has 3 N–H and O–H groups in total. The monoisotopic (exact) mass is 146 g/mol. The number of rotatable bonds is 2. The molecule has 4 heteroatoms. The smallest absolute Gasteiger partial charge is 0.227 e. The molecule has 1 rings (SSSR count). The molecule has 0 aromatic heterocycles. The molecular weight excluding hydrogens is 135 g/mol. The number of hydrogen-bond donors (Lipinski definition) is 2. The van der Waals surface area contributed by atoms with Gasteiger partial charge in [0.25, 0.3) is 0 Å². The summed E-state index contributed by atoms with van der Waals surface area (Å²) >= 11 is 0. The van der Waals surface area contributed by atoms with Crippen molar-refractivity contribution in [3.8, 4) is 0 Å². The molecule has 1 heterocycles. The quantitative estimate of drug-likeness (QED) is 0.547. The van der Waals surface area contributed by atoms with E-state index < -0.39 is 18.0 Å². The van der Waals surface area contributed by atoms with Gasteiger partial charge in [-0.25, -0.2) is 4.39 Å². The Balaban J connectivity index is 2.67. The van der Waals surface area contributed by atoms with Crippen molar-refractivity contribution in [2.24, 2.45) is 11.1 Å². The number of carbonyl (C=O) groups is 1. The summed E-state index contributed by atoms with van der Waals surface area (Å²) in [4.78, 5) is 10.7. The minimum absolute atomic E-state index is 0.388. The second-order valence-corrected chi connectivity index (χ2v) is 2.70. The molecule has 3 nitrogen and oxygen atoms in total. The molecule has 0 radical (unpaired) electrons. The molecule has 0 aliphatic carbocycles. The summed E-state index contributed by atoms with van der Waals surface area (Å²) in [7, 11) is 0. The van der Waals surface area contributed by atoms with Gasteiger partial charge in [-0.15, -0.1) is 0 Å². The third-order valence-electron chi connectivity index (χ3n) is 2.02. The second kappa shape index (κ2) is 2.54. The summed E-state index contributed by atoms with van der Waals surface area (Å²) in [6.45, 7) is 0.432. The van der Waals surface area contributed by atoms with Gasteiger partial charge in [0.1, 0.15) is 6.67 Å². The van der Waals surface area contributed by atoms with Crippen molar-refractivity contribution in [2.45, 2.75) is 6.42 Å². The zero-order valence-electron chi connectivity index (χ0n) is 5.69. The van der Waals surface area contributed by atoms with E-state index in [1.54, 1.807) is 0 Å². The van der Waals surface area contributed by atoms with Crippen molar-refractivity contribution in [2.75, 3.05) is 19.8 Å². The number of hydrogen-bond acceptors (Lipinski definition) is 2. The summed E-state index contributed by atoms with van der Waals surface area (Å²) in [5.41, 5.74) is 4.12. The van der Waals surface area contributed by atoms with Gasteiger partial charge in [-0.2, -0.15) is 0 Å². The van der Waals surface area contributed by atoms with Crippen LogP contribution >= 0.6 is 0 Å². The van der Waals surface area contributed by atoms with Crippen molar-refractivity contribution in [3.63, 3.8) is 0 Å². The molecule has 10 heavy (non-hydrogen) atoms. The SMILES string of the molecule is NC(=O)C1(CF)CCNC1. The van der Waals surface area contributed by atoms with Gasteiger partial charge in [-0.05, 0) is 13.0 Å². The molecule has 1 fully saturated rings. The lowest BCUT2D eigenvalue weighted by Crippen LogP contribution is -2.40. The molecule has 1 unspecified atom stereocenters. The topological polar surface area (TPSA) is 55.1 Å². The normalized spacial score (nSPS) is 32.5. The van der Waals surface area contributed by atoms with Gasteiger partial charge in [0.15, 0.2) is 0 Å². The van der Waals surface area contributed by atoms with Gasteiger partial charge < -0.3 is 11.1 Å². The highest BCUT2D eigenvalue weighted by atomic mass is 19.1. The average molecular weight is 146 g/mol. The zero-order chi connectivity index (χ0) is 7.61. The number of amides is 1. The van der Waals surface area contributed by atoms with E-state index in [-0.39, 0.29) is 0 Å². The molecule has 0 bridgehead atoms. The van der Waals surface area contributed by atoms with E-state index in [0.717, 1.165) is 0 Å². The third kappa shape index (κ3) is 0.988. The first kappa shape index (κ1) is 7.47. The van der Waals surface area contributed by atoms with Crippen LogP contribution in [0.15, 0.2) is 0 Å². The van der Waals surface area contributed by atoms with Crippen LogP contribution in [0.1, 0.15) is 6.42 Å². The Bertz CT molecular complexity index is 143. The lowest BCUT2D eigenvalue weighted by atomic mass is 9.88. The van der Waals surface area contributed by atoms with Crippen LogP contribution in [0.25, 0.3) is 0 Å². The van der Waals surface area contributed by atoms with Gasteiger partial charge in [-0.3, -0.25) is 4.79 Å². The summed E-state index contributed by atoms with van der Waals surface area (Å²) < 4.78 is 12.3. The number of nitrogens with two attached hydrogens (primary N) is 1. The molecule has 0 aromatic rings. The second-order valence-electron chi connectivity index (χ2n) is 2.70. The van der Waals surface area contributed by atoms with Crippen LogP contribution in [0.4, 0.5) is 4.39 Å². The predicted molar refractivity (Wildman–Crippen MR) is 35.1 cm³/mol. The van der Waals surface area contributed by atoms with E-state index in [1.165, 1.54) is 0 Å². The Morgan fingerprint density at radius 3 is 2.70 bits per heavy atom. The molecule has 0 aromatic carbocycles. The molecule has 1 amide bonds. The minimum atomic E-state index is -0.903. The Hall–Kier alpha value is -0.640. The summed E-state index contributed by atoms with van der Waals surface area (Å²) in [5.74, 6) is -0.528. The van der Waals surface area contributed by atoms with Gasteiger partial charge in [0.2, 0.25) is 5.91 Å².